The largest absolute Gasteiger partial charge is 0.508 e. The lowest BCUT2D eigenvalue weighted by Crippen LogP contribution is -2.04. The van der Waals surface area contributed by atoms with E-state index in [0.29, 0.717) is 0 Å². The van der Waals surface area contributed by atoms with Crippen molar-refractivity contribution < 1.29 is 5.11 Å². The SMILES string of the molecule is C[C@H](N)c1cc(O)cc(Br)c1. The molecule has 0 bridgehead atoms. The first-order chi connectivity index (χ1) is 5.09. The van der Waals surface area contributed by atoms with E-state index in [9.17, 15) is 0 Å². The minimum atomic E-state index is -0.0431. The van der Waals surface area contributed by atoms with Gasteiger partial charge in [-0.3, -0.25) is 0 Å². The third-order valence-electron chi connectivity index (χ3n) is 1.43. The fourth-order valence-electron chi connectivity index (χ4n) is 0.859. The van der Waals surface area contributed by atoms with E-state index in [1.807, 2.05) is 13.0 Å². The number of halogens is 1. The van der Waals surface area contributed by atoms with Crippen LogP contribution < -0.4 is 5.73 Å². The molecule has 3 N–H and O–H groups in total. The summed E-state index contributed by atoms with van der Waals surface area (Å²) in [5.74, 6) is 0.242. The Labute approximate surface area is 74.2 Å². The van der Waals surface area contributed by atoms with Gasteiger partial charge < -0.3 is 10.8 Å². The van der Waals surface area contributed by atoms with Gasteiger partial charge in [-0.15, -0.1) is 0 Å². The highest BCUT2D eigenvalue weighted by molar-refractivity contribution is 9.10. The minimum absolute atomic E-state index is 0.0431. The molecule has 0 heterocycles. The lowest BCUT2D eigenvalue weighted by Gasteiger charge is -2.05. The molecule has 0 aromatic heterocycles. The van der Waals surface area contributed by atoms with Gasteiger partial charge >= 0.3 is 0 Å². The molecule has 0 aliphatic carbocycles. The first kappa shape index (κ1) is 8.56. The van der Waals surface area contributed by atoms with Crippen molar-refractivity contribution in [2.24, 2.45) is 5.73 Å². The molecule has 0 aliphatic heterocycles. The molecule has 1 aromatic carbocycles. The maximum absolute atomic E-state index is 9.16. The fraction of sp³-hybridized carbons (Fsp3) is 0.250. The maximum Gasteiger partial charge on any atom is 0.117 e. The van der Waals surface area contributed by atoms with E-state index >= 15 is 0 Å². The molecule has 1 rings (SSSR count). The predicted molar refractivity (Wildman–Crippen MR) is 48.4 cm³/mol. The Morgan fingerprint density at radius 2 is 2.09 bits per heavy atom. The molecule has 0 fully saturated rings. The molecule has 0 amide bonds. The third-order valence-corrected chi connectivity index (χ3v) is 1.89. The van der Waals surface area contributed by atoms with Crippen LogP contribution >= 0.6 is 15.9 Å². The second kappa shape index (κ2) is 3.24. The van der Waals surface area contributed by atoms with Crippen molar-refractivity contribution in [1.29, 1.82) is 0 Å². The van der Waals surface area contributed by atoms with Crippen LogP contribution in [0, 0.1) is 0 Å². The van der Waals surface area contributed by atoms with Crippen LogP contribution in [0.3, 0.4) is 0 Å². The van der Waals surface area contributed by atoms with E-state index < -0.39 is 0 Å². The Morgan fingerprint density at radius 3 is 2.55 bits per heavy atom. The first-order valence-electron chi connectivity index (χ1n) is 3.34. The summed E-state index contributed by atoms with van der Waals surface area (Å²) in [5.41, 5.74) is 6.55. The second-order valence-corrected chi connectivity index (χ2v) is 3.45. The summed E-state index contributed by atoms with van der Waals surface area (Å²) < 4.78 is 0.852. The summed E-state index contributed by atoms with van der Waals surface area (Å²) in [7, 11) is 0. The highest BCUT2D eigenvalue weighted by Crippen LogP contribution is 2.22. The first-order valence-corrected chi connectivity index (χ1v) is 4.14. The van der Waals surface area contributed by atoms with Gasteiger partial charge in [-0.25, -0.2) is 0 Å². The number of hydrogen-bond acceptors (Lipinski definition) is 2. The van der Waals surface area contributed by atoms with Crippen LogP contribution in [-0.4, -0.2) is 5.11 Å². The Kier molecular flexibility index (Phi) is 2.52. The number of phenols is 1. The van der Waals surface area contributed by atoms with E-state index in [0.717, 1.165) is 10.0 Å². The van der Waals surface area contributed by atoms with Gasteiger partial charge in [-0.05, 0) is 30.7 Å². The van der Waals surface area contributed by atoms with Gasteiger partial charge in [0.2, 0.25) is 0 Å². The van der Waals surface area contributed by atoms with Gasteiger partial charge in [0.25, 0.3) is 0 Å². The Morgan fingerprint density at radius 1 is 1.45 bits per heavy atom. The summed E-state index contributed by atoms with van der Waals surface area (Å²) in [6.07, 6.45) is 0. The molecule has 11 heavy (non-hydrogen) atoms. The average Bonchev–Trinajstić information content (AvgIpc) is 1.85. The van der Waals surface area contributed by atoms with Crippen molar-refractivity contribution in [3.05, 3.63) is 28.2 Å². The topological polar surface area (TPSA) is 46.2 Å². The van der Waals surface area contributed by atoms with Crippen molar-refractivity contribution in [3.8, 4) is 5.75 Å². The molecule has 2 nitrogen and oxygen atoms in total. The third kappa shape index (κ3) is 2.20. The molecule has 3 heteroatoms. The normalized spacial score (nSPS) is 13.0. The number of phenolic OH excluding ortho intramolecular Hbond substituents is 1. The Hall–Kier alpha value is -0.540. The van der Waals surface area contributed by atoms with Crippen LogP contribution in [0.15, 0.2) is 22.7 Å². The van der Waals surface area contributed by atoms with Crippen LogP contribution in [0.2, 0.25) is 0 Å². The monoisotopic (exact) mass is 215 g/mol. The Bertz CT molecular complexity index is 240. The van der Waals surface area contributed by atoms with E-state index in [1.165, 1.54) is 0 Å². The smallest absolute Gasteiger partial charge is 0.117 e. The van der Waals surface area contributed by atoms with E-state index in [-0.39, 0.29) is 11.8 Å². The lowest BCUT2D eigenvalue weighted by atomic mass is 10.1. The molecule has 0 radical (unpaired) electrons. The van der Waals surface area contributed by atoms with Crippen LogP contribution in [-0.2, 0) is 0 Å². The number of aromatic hydroxyl groups is 1. The van der Waals surface area contributed by atoms with Crippen molar-refractivity contribution in [2.45, 2.75) is 13.0 Å². The van der Waals surface area contributed by atoms with Crippen molar-refractivity contribution in [3.63, 3.8) is 0 Å². The molecule has 0 saturated heterocycles. The number of rotatable bonds is 1. The fourth-order valence-corrected chi connectivity index (χ4v) is 1.36. The van der Waals surface area contributed by atoms with Gasteiger partial charge in [-0.2, -0.15) is 0 Å². The predicted octanol–water partition coefficient (Wildman–Crippen LogP) is 2.17. The molecule has 0 aliphatic rings. The molecule has 1 aromatic rings. The summed E-state index contributed by atoms with van der Waals surface area (Å²) in [4.78, 5) is 0. The van der Waals surface area contributed by atoms with Crippen molar-refractivity contribution in [2.75, 3.05) is 0 Å². The van der Waals surface area contributed by atoms with Crippen LogP contribution in [0.1, 0.15) is 18.5 Å². The quantitative estimate of drug-likeness (QED) is 0.755. The van der Waals surface area contributed by atoms with Gasteiger partial charge in [0.15, 0.2) is 0 Å². The summed E-state index contributed by atoms with van der Waals surface area (Å²) in [5, 5.41) is 9.16. The zero-order valence-electron chi connectivity index (χ0n) is 6.21. The van der Waals surface area contributed by atoms with Crippen LogP contribution in [0.4, 0.5) is 0 Å². The highest BCUT2D eigenvalue weighted by atomic mass is 79.9. The summed E-state index contributed by atoms with van der Waals surface area (Å²) in [6.45, 7) is 1.88. The van der Waals surface area contributed by atoms with Gasteiger partial charge in [0, 0.05) is 10.5 Å². The number of hydrogen-bond donors (Lipinski definition) is 2. The molecular weight excluding hydrogens is 206 g/mol. The average molecular weight is 216 g/mol. The second-order valence-electron chi connectivity index (χ2n) is 2.53. The standard InChI is InChI=1S/C8H10BrNO/c1-5(10)6-2-7(9)4-8(11)3-6/h2-5,11H,10H2,1H3/t5-/m0/s1. The molecule has 0 unspecified atom stereocenters. The van der Waals surface area contributed by atoms with Gasteiger partial charge in [0.1, 0.15) is 5.75 Å². The van der Waals surface area contributed by atoms with Crippen LogP contribution in [0.5, 0.6) is 5.75 Å². The summed E-state index contributed by atoms with van der Waals surface area (Å²) >= 11 is 3.27. The van der Waals surface area contributed by atoms with E-state index in [2.05, 4.69) is 15.9 Å². The number of benzene rings is 1. The zero-order valence-corrected chi connectivity index (χ0v) is 7.80. The lowest BCUT2D eigenvalue weighted by molar-refractivity contribution is 0.473. The van der Waals surface area contributed by atoms with Gasteiger partial charge in [0.05, 0.1) is 0 Å². The van der Waals surface area contributed by atoms with E-state index in [1.54, 1.807) is 12.1 Å². The highest BCUT2D eigenvalue weighted by Gasteiger charge is 2.01. The van der Waals surface area contributed by atoms with E-state index in [4.69, 9.17) is 10.8 Å². The molecular formula is C8H10BrNO. The minimum Gasteiger partial charge on any atom is -0.508 e. The van der Waals surface area contributed by atoms with Crippen molar-refractivity contribution in [1.82, 2.24) is 0 Å². The van der Waals surface area contributed by atoms with Crippen LogP contribution in [0.25, 0.3) is 0 Å². The Balaban J connectivity index is 3.08. The van der Waals surface area contributed by atoms with Gasteiger partial charge in [-0.1, -0.05) is 15.9 Å². The van der Waals surface area contributed by atoms with Crippen molar-refractivity contribution >= 4 is 15.9 Å². The number of nitrogens with two attached hydrogens (primary N) is 1. The molecule has 0 spiro atoms. The zero-order chi connectivity index (χ0) is 8.43. The molecule has 0 saturated carbocycles. The molecule has 60 valence electrons. The molecule has 1 atom stereocenters. The summed E-state index contributed by atoms with van der Waals surface area (Å²) in [6, 6.07) is 5.14. The maximum atomic E-state index is 9.16.